The minimum atomic E-state index is -0.351. The first-order valence-electron chi connectivity index (χ1n) is 6.72. The molecule has 5 heteroatoms. The van der Waals surface area contributed by atoms with E-state index in [1.165, 1.54) is 12.3 Å². The molecular formula is C16H18FN3O. The van der Waals surface area contributed by atoms with E-state index in [1.807, 2.05) is 18.2 Å². The van der Waals surface area contributed by atoms with E-state index in [2.05, 4.69) is 10.3 Å². The van der Waals surface area contributed by atoms with Gasteiger partial charge in [0.1, 0.15) is 11.6 Å². The van der Waals surface area contributed by atoms with E-state index >= 15 is 0 Å². The zero-order valence-corrected chi connectivity index (χ0v) is 12.1. The van der Waals surface area contributed by atoms with Gasteiger partial charge in [-0.15, -0.1) is 0 Å². The molecule has 110 valence electrons. The largest absolute Gasteiger partial charge is 0.370 e. The summed E-state index contributed by atoms with van der Waals surface area (Å²) in [4.78, 5) is 17.4. The molecule has 0 spiro atoms. The molecule has 0 aliphatic rings. The van der Waals surface area contributed by atoms with Crippen molar-refractivity contribution in [3.05, 3.63) is 59.5 Å². The van der Waals surface area contributed by atoms with Crippen LogP contribution in [0.4, 0.5) is 10.2 Å². The van der Waals surface area contributed by atoms with Gasteiger partial charge in [0.25, 0.3) is 5.91 Å². The highest BCUT2D eigenvalue weighted by atomic mass is 19.1. The molecule has 0 fully saturated rings. The van der Waals surface area contributed by atoms with Crippen LogP contribution >= 0.6 is 0 Å². The van der Waals surface area contributed by atoms with Crippen molar-refractivity contribution in [3.63, 3.8) is 0 Å². The predicted octanol–water partition coefficient (Wildman–Crippen LogP) is 2.58. The Morgan fingerprint density at radius 2 is 2.10 bits per heavy atom. The fourth-order valence-electron chi connectivity index (χ4n) is 1.93. The number of halogens is 1. The number of carbonyl (C=O) groups excluding carboxylic acids is 1. The Bertz CT molecular complexity index is 611. The van der Waals surface area contributed by atoms with Crippen LogP contribution < -0.4 is 5.32 Å². The van der Waals surface area contributed by atoms with Crippen molar-refractivity contribution in [1.29, 1.82) is 0 Å². The van der Waals surface area contributed by atoms with Crippen LogP contribution in [-0.4, -0.2) is 36.4 Å². The Balaban J connectivity index is 1.93. The number of aromatic nitrogens is 1. The molecule has 21 heavy (non-hydrogen) atoms. The smallest absolute Gasteiger partial charge is 0.253 e. The molecule has 2 aromatic rings. The summed E-state index contributed by atoms with van der Waals surface area (Å²) in [6.07, 6.45) is 1.94. The van der Waals surface area contributed by atoms with Gasteiger partial charge in [0.05, 0.1) is 6.20 Å². The van der Waals surface area contributed by atoms with Crippen molar-refractivity contribution in [2.75, 3.05) is 26.0 Å². The van der Waals surface area contributed by atoms with Crippen LogP contribution in [0.2, 0.25) is 0 Å². The second-order valence-corrected chi connectivity index (χ2v) is 4.94. The van der Waals surface area contributed by atoms with Crippen LogP contribution in [0.25, 0.3) is 0 Å². The van der Waals surface area contributed by atoms with E-state index in [9.17, 15) is 9.18 Å². The number of pyridine rings is 1. The molecule has 0 aliphatic heterocycles. The highest BCUT2D eigenvalue weighted by Gasteiger charge is 2.07. The van der Waals surface area contributed by atoms with Crippen molar-refractivity contribution in [2.24, 2.45) is 0 Å². The number of amides is 1. The Morgan fingerprint density at radius 1 is 1.29 bits per heavy atom. The average molecular weight is 287 g/mol. The zero-order valence-electron chi connectivity index (χ0n) is 12.1. The molecule has 4 nitrogen and oxygen atoms in total. The Labute approximate surface area is 123 Å². The third-order valence-corrected chi connectivity index (χ3v) is 3.03. The van der Waals surface area contributed by atoms with Gasteiger partial charge in [0, 0.05) is 26.2 Å². The number of carbonyl (C=O) groups is 1. The topological polar surface area (TPSA) is 45.2 Å². The predicted molar refractivity (Wildman–Crippen MR) is 80.8 cm³/mol. The Morgan fingerprint density at radius 3 is 2.76 bits per heavy atom. The van der Waals surface area contributed by atoms with Crippen LogP contribution in [0.1, 0.15) is 15.9 Å². The number of benzene rings is 1. The lowest BCUT2D eigenvalue weighted by Crippen LogP contribution is -2.21. The molecular weight excluding hydrogens is 269 g/mol. The van der Waals surface area contributed by atoms with Gasteiger partial charge in [-0.05, 0) is 36.2 Å². The van der Waals surface area contributed by atoms with Crippen molar-refractivity contribution in [1.82, 2.24) is 9.88 Å². The van der Waals surface area contributed by atoms with Crippen LogP contribution in [0.3, 0.4) is 0 Å². The summed E-state index contributed by atoms with van der Waals surface area (Å²) in [5.74, 6) is 0.275. The summed E-state index contributed by atoms with van der Waals surface area (Å²) >= 11 is 0. The molecule has 0 atom stereocenters. The monoisotopic (exact) mass is 287 g/mol. The van der Waals surface area contributed by atoms with E-state index in [0.717, 1.165) is 12.0 Å². The Kier molecular flexibility index (Phi) is 4.87. The molecule has 1 aromatic carbocycles. The number of nitrogens with zero attached hydrogens (tertiary/aromatic N) is 2. The summed E-state index contributed by atoms with van der Waals surface area (Å²) < 4.78 is 12.7. The number of hydrogen-bond donors (Lipinski definition) is 1. The van der Waals surface area contributed by atoms with Crippen molar-refractivity contribution in [2.45, 2.75) is 6.42 Å². The number of nitrogens with one attached hydrogen (secondary N) is 1. The first-order chi connectivity index (χ1) is 10.1. The molecule has 0 saturated heterocycles. The normalized spacial score (nSPS) is 10.2. The minimum Gasteiger partial charge on any atom is -0.370 e. The molecule has 1 amide bonds. The maximum Gasteiger partial charge on any atom is 0.253 e. The summed E-state index contributed by atoms with van der Waals surface area (Å²) in [7, 11) is 3.47. The van der Waals surface area contributed by atoms with Gasteiger partial charge in [-0.25, -0.2) is 9.37 Å². The lowest BCUT2D eigenvalue weighted by atomic mass is 10.1. The zero-order chi connectivity index (χ0) is 15.2. The average Bonchev–Trinajstić information content (AvgIpc) is 2.49. The van der Waals surface area contributed by atoms with Gasteiger partial charge in [0.2, 0.25) is 0 Å². The minimum absolute atomic E-state index is 0.00925. The van der Waals surface area contributed by atoms with Crippen molar-refractivity contribution in [3.8, 4) is 0 Å². The lowest BCUT2D eigenvalue weighted by molar-refractivity contribution is 0.0827. The van der Waals surface area contributed by atoms with E-state index in [0.29, 0.717) is 17.9 Å². The highest BCUT2D eigenvalue weighted by molar-refractivity contribution is 5.94. The van der Waals surface area contributed by atoms with Crippen molar-refractivity contribution >= 4 is 11.7 Å². The van der Waals surface area contributed by atoms with Crippen molar-refractivity contribution < 1.29 is 9.18 Å². The van der Waals surface area contributed by atoms with Crippen LogP contribution in [0.15, 0.2) is 42.6 Å². The SMILES string of the molecule is CN(C)C(=O)c1cccc(CCNc2ccc(F)cn2)c1. The third-order valence-electron chi connectivity index (χ3n) is 3.03. The molecule has 0 aliphatic carbocycles. The lowest BCUT2D eigenvalue weighted by Gasteiger charge is -2.11. The van der Waals surface area contributed by atoms with E-state index in [1.54, 1.807) is 31.1 Å². The molecule has 0 unspecified atom stereocenters. The third kappa shape index (κ3) is 4.27. The van der Waals surface area contributed by atoms with Gasteiger partial charge in [-0.2, -0.15) is 0 Å². The van der Waals surface area contributed by atoms with Gasteiger partial charge in [-0.1, -0.05) is 12.1 Å². The van der Waals surface area contributed by atoms with E-state index in [4.69, 9.17) is 0 Å². The van der Waals surface area contributed by atoms with E-state index < -0.39 is 0 Å². The molecule has 0 bridgehead atoms. The molecule has 0 saturated carbocycles. The summed E-state index contributed by atoms with van der Waals surface area (Å²) in [5, 5.41) is 3.12. The maximum absolute atomic E-state index is 12.7. The molecule has 2 rings (SSSR count). The van der Waals surface area contributed by atoms with Gasteiger partial charge < -0.3 is 10.2 Å². The number of anilines is 1. The molecule has 1 heterocycles. The first kappa shape index (κ1) is 15.0. The first-order valence-corrected chi connectivity index (χ1v) is 6.72. The fourth-order valence-corrected chi connectivity index (χ4v) is 1.93. The van der Waals surface area contributed by atoms with Gasteiger partial charge >= 0.3 is 0 Å². The quantitative estimate of drug-likeness (QED) is 0.919. The van der Waals surface area contributed by atoms with E-state index in [-0.39, 0.29) is 11.7 Å². The fraction of sp³-hybridized carbons (Fsp3) is 0.250. The number of hydrogen-bond acceptors (Lipinski definition) is 3. The molecule has 0 radical (unpaired) electrons. The molecule has 1 N–H and O–H groups in total. The number of rotatable bonds is 5. The van der Waals surface area contributed by atoms with Crippen LogP contribution in [-0.2, 0) is 6.42 Å². The second kappa shape index (κ2) is 6.83. The summed E-state index contributed by atoms with van der Waals surface area (Å²) in [6, 6.07) is 10.5. The Hall–Kier alpha value is -2.43. The summed E-state index contributed by atoms with van der Waals surface area (Å²) in [6.45, 7) is 0.665. The highest BCUT2D eigenvalue weighted by Crippen LogP contribution is 2.09. The standard InChI is InChI=1S/C16H18FN3O/c1-20(2)16(21)13-5-3-4-12(10-13)8-9-18-15-7-6-14(17)11-19-15/h3-7,10-11H,8-9H2,1-2H3,(H,18,19). The summed E-state index contributed by atoms with van der Waals surface area (Å²) in [5.41, 5.74) is 1.75. The van der Waals surface area contributed by atoms with Crippen LogP contribution in [0.5, 0.6) is 0 Å². The van der Waals surface area contributed by atoms with Gasteiger partial charge in [-0.3, -0.25) is 4.79 Å². The molecule has 1 aromatic heterocycles. The van der Waals surface area contributed by atoms with Gasteiger partial charge in [0.15, 0.2) is 0 Å². The second-order valence-electron chi connectivity index (χ2n) is 4.94. The maximum atomic E-state index is 12.7. The van der Waals surface area contributed by atoms with Crippen LogP contribution in [0, 0.1) is 5.82 Å².